The monoisotopic (exact) mass is 463 g/mol. The molecule has 156 valence electrons. The third kappa shape index (κ3) is 5.31. The second-order valence-electron chi connectivity index (χ2n) is 7.14. The molecule has 0 aliphatic carbocycles. The van der Waals surface area contributed by atoms with Crippen molar-refractivity contribution in [1.82, 2.24) is 9.78 Å². The minimum Gasteiger partial charge on any atom is -0.322 e. The number of nitrogens with one attached hydrogen (secondary N) is 1. The fourth-order valence-electron chi connectivity index (χ4n) is 3.02. The first-order valence-electron chi connectivity index (χ1n) is 9.75. The quantitative estimate of drug-likeness (QED) is 0.252. The first-order valence-corrected chi connectivity index (χ1v) is 12.0. The lowest BCUT2D eigenvalue weighted by Crippen LogP contribution is -2.13. The van der Waals surface area contributed by atoms with Crippen molar-refractivity contribution >= 4 is 46.9 Å². The molecule has 0 radical (unpaired) electrons. The number of hydrogen-bond donors (Lipinski definition) is 1. The van der Waals surface area contributed by atoms with E-state index in [2.05, 4.69) is 22.5 Å². The number of nitrogens with zero attached hydrogens (tertiary/aromatic N) is 2. The molecule has 3 aromatic carbocycles. The Labute approximate surface area is 195 Å². The normalized spacial score (nSPS) is 10.8. The van der Waals surface area contributed by atoms with Crippen LogP contribution in [0, 0.1) is 17.8 Å². The minimum atomic E-state index is -0.138. The number of carbonyl (C=O) groups is 1. The molecule has 0 spiro atoms. The Balaban J connectivity index is 1.46. The number of carbonyl (C=O) groups excluding carboxylic acids is 1. The van der Waals surface area contributed by atoms with Crippen LogP contribution < -0.4 is 5.32 Å². The molecular formula is C24H21N3OS3. The van der Waals surface area contributed by atoms with Gasteiger partial charge in [-0.05, 0) is 73.1 Å². The Morgan fingerprint density at radius 3 is 2.55 bits per heavy atom. The second kappa shape index (κ2) is 9.60. The van der Waals surface area contributed by atoms with E-state index in [1.807, 2.05) is 62.4 Å². The molecule has 4 rings (SSSR count). The summed E-state index contributed by atoms with van der Waals surface area (Å²) in [6, 6.07) is 23.7. The lowest BCUT2D eigenvalue weighted by atomic mass is 10.1. The average molecular weight is 464 g/mol. The Hall–Kier alpha value is -2.74. The van der Waals surface area contributed by atoms with Gasteiger partial charge in [-0.15, -0.1) is 5.10 Å². The number of rotatable bonds is 6. The van der Waals surface area contributed by atoms with Crippen molar-refractivity contribution in [3.8, 4) is 5.69 Å². The zero-order valence-electron chi connectivity index (χ0n) is 17.2. The summed E-state index contributed by atoms with van der Waals surface area (Å²) in [6.45, 7) is 3.99. The fourth-order valence-corrected chi connectivity index (χ4v) is 5.34. The fraction of sp³-hybridized carbons (Fsp3) is 0.125. The Morgan fingerprint density at radius 2 is 1.81 bits per heavy atom. The first kappa shape index (κ1) is 21.5. The smallest absolute Gasteiger partial charge is 0.255 e. The van der Waals surface area contributed by atoms with Gasteiger partial charge in [0.25, 0.3) is 5.91 Å². The van der Waals surface area contributed by atoms with Crippen LogP contribution >= 0.6 is 35.3 Å². The highest BCUT2D eigenvalue weighted by molar-refractivity contribution is 8.00. The highest BCUT2D eigenvalue weighted by atomic mass is 32.2. The number of aromatic nitrogens is 2. The van der Waals surface area contributed by atoms with Crippen molar-refractivity contribution in [2.24, 2.45) is 0 Å². The van der Waals surface area contributed by atoms with E-state index in [0.717, 1.165) is 32.6 Å². The molecule has 31 heavy (non-hydrogen) atoms. The Bertz CT molecular complexity index is 1260. The SMILES string of the molecule is Cc1ccc(C)c(NC(=O)c2ccc(-n3nc(SCc4ccccc4)sc3=S)cc2)c1. The maximum absolute atomic E-state index is 12.7. The first-order chi connectivity index (χ1) is 15.0. The van der Waals surface area contributed by atoms with Crippen LogP contribution in [0.3, 0.4) is 0 Å². The second-order valence-corrected chi connectivity index (χ2v) is 9.98. The molecule has 4 aromatic rings. The number of benzene rings is 3. The number of amides is 1. The molecule has 0 saturated carbocycles. The van der Waals surface area contributed by atoms with Crippen molar-refractivity contribution < 1.29 is 4.79 Å². The number of aryl methyl sites for hydroxylation is 2. The van der Waals surface area contributed by atoms with Crippen LogP contribution in [0.4, 0.5) is 5.69 Å². The van der Waals surface area contributed by atoms with Crippen molar-refractivity contribution in [2.45, 2.75) is 23.9 Å². The molecule has 0 bridgehead atoms. The zero-order chi connectivity index (χ0) is 21.8. The van der Waals surface area contributed by atoms with E-state index in [9.17, 15) is 4.79 Å². The molecular weight excluding hydrogens is 442 g/mol. The number of hydrogen-bond acceptors (Lipinski definition) is 5. The zero-order valence-corrected chi connectivity index (χ0v) is 19.6. The van der Waals surface area contributed by atoms with Crippen molar-refractivity contribution in [3.63, 3.8) is 0 Å². The maximum Gasteiger partial charge on any atom is 0.255 e. The van der Waals surface area contributed by atoms with E-state index in [4.69, 9.17) is 12.2 Å². The van der Waals surface area contributed by atoms with Gasteiger partial charge in [0.05, 0.1) is 5.69 Å². The van der Waals surface area contributed by atoms with Crippen molar-refractivity contribution in [3.05, 3.63) is 99.0 Å². The molecule has 0 atom stereocenters. The summed E-state index contributed by atoms with van der Waals surface area (Å²) in [6.07, 6.45) is 0. The van der Waals surface area contributed by atoms with Crippen LogP contribution in [0.25, 0.3) is 5.69 Å². The molecule has 7 heteroatoms. The van der Waals surface area contributed by atoms with Crippen LogP contribution in [-0.2, 0) is 5.75 Å². The predicted octanol–water partition coefficient (Wildman–Crippen LogP) is 6.82. The molecule has 1 aromatic heterocycles. The third-order valence-electron chi connectivity index (χ3n) is 4.75. The molecule has 0 aliphatic rings. The van der Waals surface area contributed by atoms with Crippen LogP contribution in [0.5, 0.6) is 0 Å². The molecule has 0 fully saturated rings. The topological polar surface area (TPSA) is 46.9 Å². The van der Waals surface area contributed by atoms with Gasteiger partial charge in [0.2, 0.25) is 0 Å². The number of anilines is 1. The Morgan fingerprint density at radius 1 is 1.06 bits per heavy atom. The van der Waals surface area contributed by atoms with Crippen LogP contribution in [-0.4, -0.2) is 15.7 Å². The van der Waals surface area contributed by atoms with Gasteiger partial charge in [0.15, 0.2) is 8.29 Å². The molecule has 4 nitrogen and oxygen atoms in total. The van der Waals surface area contributed by atoms with Gasteiger partial charge in [-0.1, -0.05) is 65.6 Å². The maximum atomic E-state index is 12.7. The van der Waals surface area contributed by atoms with Crippen LogP contribution in [0.1, 0.15) is 27.0 Å². The van der Waals surface area contributed by atoms with E-state index in [1.165, 1.54) is 16.9 Å². The molecule has 1 heterocycles. The van der Waals surface area contributed by atoms with Gasteiger partial charge in [-0.3, -0.25) is 4.79 Å². The van der Waals surface area contributed by atoms with Crippen molar-refractivity contribution in [2.75, 3.05) is 5.32 Å². The molecule has 1 N–H and O–H groups in total. The van der Waals surface area contributed by atoms with Crippen LogP contribution in [0.2, 0.25) is 0 Å². The third-order valence-corrected chi connectivity index (χ3v) is 7.19. The van der Waals surface area contributed by atoms with Gasteiger partial charge in [0.1, 0.15) is 0 Å². The highest BCUT2D eigenvalue weighted by Gasteiger charge is 2.11. The van der Waals surface area contributed by atoms with Gasteiger partial charge in [-0.25, -0.2) is 4.68 Å². The standard InChI is InChI=1S/C24H21N3OS3/c1-16-8-9-17(2)21(14-16)25-22(28)19-10-12-20(13-11-19)27-24(29)31-23(26-27)30-15-18-6-4-3-5-7-18/h3-14H,15H2,1-2H3,(H,25,28). The average Bonchev–Trinajstić information content (AvgIpc) is 3.16. The van der Waals surface area contributed by atoms with Gasteiger partial charge in [0, 0.05) is 17.0 Å². The summed E-state index contributed by atoms with van der Waals surface area (Å²) in [7, 11) is 0. The molecule has 0 unspecified atom stereocenters. The summed E-state index contributed by atoms with van der Waals surface area (Å²) in [5, 5.41) is 7.64. The van der Waals surface area contributed by atoms with Gasteiger partial charge < -0.3 is 5.32 Å². The van der Waals surface area contributed by atoms with Gasteiger partial charge in [-0.2, -0.15) is 0 Å². The minimum absolute atomic E-state index is 0.138. The van der Waals surface area contributed by atoms with E-state index in [0.29, 0.717) is 9.52 Å². The van der Waals surface area contributed by atoms with Crippen molar-refractivity contribution in [1.29, 1.82) is 0 Å². The molecule has 1 amide bonds. The summed E-state index contributed by atoms with van der Waals surface area (Å²) in [5.41, 5.74) is 5.65. The summed E-state index contributed by atoms with van der Waals surface area (Å²) in [4.78, 5) is 12.7. The summed E-state index contributed by atoms with van der Waals surface area (Å²) < 4.78 is 3.36. The number of thioether (sulfide) groups is 1. The lowest BCUT2D eigenvalue weighted by molar-refractivity contribution is 0.102. The van der Waals surface area contributed by atoms with E-state index >= 15 is 0 Å². The summed E-state index contributed by atoms with van der Waals surface area (Å²) in [5.74, 6) is 0.710. The highest BCUT2D eigenvalue weighted by Crippen LogP contribution is 2.27. The van der Waals surface area contributed by atoms with Gasteiger partial charge >= 0.3 is 0 Å². The van der Waals surface area contributed by atoms with Crippen LogP contribution in [0.15, 0.2) is 77.1 Å². The molecule has 0 saturated heterocycles. The van der Waals surface area contributed by atoms with E-state index in [1.54, 1.807) is 28.6 Å². The van der Waals surface area contributed by atoms with E-state index < -0.39 is 0 Å². The summed E-state index contributed by atoms with van der Waals surface area (Å²) >= 11 is 8.67. The molecule has 0 aliphatic heterocycles. The Kier molecular flexibility index (Phi) is 6.65. The lowest BCUT2D eigenvalue weighted by Gasteiger charge is -2.10. The predicted molar refractivity (Wildman–Crippen MR) is 132 cm³/mol. The largest absolute Gasteiger partial charge is 0.322 e. The van der Waals surface area contributed by atoms with E-state index in [-0.39, 0.29) is 5.91 Å².